The van der Waals surface area contributed by atoms with Gasteiger partial charge in [0.05, 0.1) is 6.10 Å². The first-order chi connectivity index (χ1) is 13.5. The van der Waals surface area contributed by atoms with Crippen LogP contribution in [-0.4, -0.2) is 47.1 Å². The average molecular weight is 523 g/mol. The van der Waals surface area contributed by atoms with E-state index in [1.807, 2.05) is 23.9 Å². The molecule has 0 aliphatic heterocycles. The van der Waals surface area contributed by atoms with Crippen molar-refractivity contribution in [1.82, 2.24) is 20.4 Å². The van der Waals surface area contributed by atoms with Gasteiger partial charge in [-0.05, 0) is 36.6 Å². The van der Waals surface area contributed by atoms with Gasteiger partial charge in [-0.3, -0.25) is 9.67 Å². The predicted molar refractivity (Wildman–Crippen MR) is 119 cm³/mol. The van der Waals surface area contributed by atoms with Crippen molar-refractivity contribution < 1.29 is 18.6 Å². The van der Waals surface area contributed by atoms with Crippen LogP contribution < -0.4 is 15.4 Å². The van der Waals surface area contributed by atoms with E-state index in [-0.39, 0.29) is 36.3 Å². The van der Waals surface area contributed by atoms with Crippen LogP contribution in [-0.2, 0) is 6.54 Å². The van der Waals surface area contributed by atoms with Gasteiger partial charge in [-0.25, -0.2) is 0 Å². The lowest BCUT2D eigenvalue weighted by Crippen LogP contribution is -2.39. The van der Waals surface area contributed by atoms with Crippen molar-refractivity contribution >= 4 is 29.9 Å². The maximum atomic E-state index is 12.2. The number of ether oxygens (including phenoxy) is 1. The lowest BCUT2D eigenvalue weighted by Gasteiger charge is -2.17. The van der Waals surface area contributed by atoms with Crippen molar-refractivity contribution in [1.29, 1.82) is 0 Å². The Morgan fingerprint density at radius 1 is 1.28 bits per heavy atom. The monoisotopic (exact) mass is 523 g/mol. The van der Waals surface area contributed by atoms with Crippen molar-refractivity contribution in [2.24, 2.45) is 10.9 Å². The average Bonchev–Trinajstić information content (AvgIpc) is 3.17. The zero-order valence-corrected chi connectivity index (χ0v) is 18.8. The number of hydrogen-bond acceptors (Lipinski definition) is 4. The van der Waals surface area contributed by atoms with E-state index in [0.29, 0.717) is 30.5 Å². The van der Waals surface area contributed by atoms with Crippen LogP contribution in [0.4, 0.5) is 8.78 Å². The summed E-state index contributed by atoms with van der Waals surface area (Å²) < 4.78 is 30.6. The molecule has 7 nitrogen and oxygen atoms in total. The molecule has 29 heavy (non-hydrogen) atoms. The summed E-state index contributed by atoms with van der Waals surface area (Å²) in [6.45, 7) is 3.47. The molecule has 0 fully saturated rings. The molecule has 0 radical (unpaired) electrons. The van der Waals surface area contributed by atoms with Crippen LogP contribution in [0.3, 0.4) is 0 Å². The van der Waals surface area contributed by atoms with Gasteiger partial charge in [-0.2, -0.15) is 13.9 Å². The molecular formula is C19H28F2IN5O2. The van der Waals surface area contributed by atoms with Gasteiger partial charge in [0.2, 0.25) is 0 Å². The number of nitrogens with zero attached hydrogens (tertiary/aromatic N) is 3. The minimum absolute atomic E-state index is 0. The molecular weight excluding hydrogens is 495 g/mol. The van der Waals surface area contributed by atoms with E-state index in [9.17, 15) is 13.9 Å². The second kappa shape index (κ2) is 13.3. The number of alkyl halides is 2. The van der Waals surface area contributed by atoms with E-state index in [2.05, 4.69) is 32.4 Å². The molecule has 2 atom stereocenters. The molecule has 0 bridgehead atoms. The molecule has 0 aliphatic carbocycles. The molecule has 1 aromatic carbocycles. The molecule has 2 unspecified atom stereocenters. The Bertz CT molecular complexity index is 714. The van der Waals surface area contributed by atoms with E-state index >= 15 is 0 Å². The van der Waals surface area contributed by atoms with Crippen LogP contribution in [0.1, 0.15) is 25.5 Å². The van der Waals surface area contributed by atoms with Gasteiger partial charge in [0.15, 0.2) is 5.96 Å². The molecule has 1 heterocycles. The van der Waals surface area contributed by atoms with E-state index in [0.717, 1.165) is 6.54 Å². The summed E-state index contributed by atoms with van der Waals surface area (Å²) in [5.74, 6) is 0.953. The standard InChI is InChI=1S/C19H27F2N5O2.HI/c1-3-22-19(23-11-14(2)13-26-10-4-9-25-26)24-12-17(27)15-5-7-16(8-6-15)28-18(20)21;/h4-10,14,17-18,27H,3,11-13H2,1-2H3,(H2,22,23,24);1H. The molecule has 10 heteroatoms. The van der Waals surface area contributed by atoms with E-state index in [1.54, 1.807) is 18.3 Å². The smallest absolute Gasteiger partial charge is 0.387 e. The number of rotatable bonds is 10. The maximum Gasteiger partial charge on any atom is 0.387 e. The third-order valence-electron chi connectivity index (χ3n) is 3.92. The van der Waals surface area contributed by atoms with E-state index < -0.39 is 12.7 Å². The van der Waals surface area contributed by atoms with E-state index in [1.165, 1.54) is 12.1 Å². The largest absolute Gasteiger partial charge is 0.435 e. The predicted octanol–water partition coefficient (Wildman–Crippen LogP) is 3.03. The van der Waals surface area contributed by atoms with Gasteiger partial charge < -0.3 is 20.5 Å². The maximum absolute atomic E-state index is 12.2. The summed E-state index contributed by atoms with van der Waals surface area (Å²) in [7, 11) is 0. The molecule has 0 spiro atoms. The van der Waals surface area contributed by atoms with Gasteiger partial charge in [0.25, 0.3) is 0 Å². The van der Waals surface area contributed by atoms with Crippen molar-refractivity contribution in [2.45, 2.75) is 33.1 Å². The molecule has 2 rings (SSSR count). The first-order valence-electron chi connectivity index (χ1n) is 9.20. The Morgan fingerprint density at radius 3 is 2.59 bits per heavy atom. The second-order valence-corrected chi connectivity index (χ2v) is 6.40. The highest BCUT2D eigenvalue weighted by atomic mass is 127. The van der Waals surface area contributed by atoms with Gasteiger partial charge in [0.1, 0.15) is 5.75 Å². The highest BCUT2D eigenvalue weighted by Crippen LogP contribution is 2.19. The highest BCUT2D eigenvalue weighted by Gasteiger charge is 2.11. The number of nitrogens with one attached hydrogen (secondary N) is 2. The third kappa shape index (κ3) is 9.39. The number of hydrogen-bond donors (Lipinski definition) is 3. The number of aromatic nitrogens is 2. The van der Waals surface area contributed by atoms with Crippen LogP contribution in [0.15, 0.2) is 47.7 Å². The summed E-state index contributed by atoms with van der Waals surface area (Å²) in [4.78, 5) is 4.55. The minimum atomic E-state index is -2.87. The summed E-state index contributed by atoms with van der Waals surface area (Å²) in [6, 6.07) is 7.80. The first kappa shape index (κ1) is 25.1. The third-order valence-corrected chi connectivity index (χ3v) is 3.92. The van der Waals surface area contributed by atoms with Gasteiger partial charge in [-0.1, -0.05) is 19.1 Å². The lowest BCUT2D eigenvalue weighted by molar-refractivity contribution is -0.0498. The Labute approximate surface area is 186 Å². The van der Waals surface area contributed by atoms with Crippen LogP contribution in [0.5, 0.6) is 5.75 Å². The summed E-state index contributed by atoms with van der Waals surface area (Å²) in [5, 5.41) is 20.7. The molecule has 162 valence electrons. The SMILES string of the molecule is CCNC(=NCC(C)Cn1cccn1)NCC(O)c1ccc(OC(F)F)cc1.I. The first-order valence-corrected chi connectivity index (χ1v) is 9.20. The van der Waals surface area contributed by atoms with Gasteiger partial charge in [0, 0.05) is 38.6 Å². The lowest BCUT2D eigenvalue weighted by atomic mass is 10.1. The molecule has 0 aliphatic rings. The quantitative estimate of drug-likeness (QED) is 0.254. The van der Waals surface area contributed by atoms with Crippen LogP contribution in [0.2, 0.25) is 0 Å². The highest BCUT2D eigenvalue weighted by molar-refractivity contribution is 14.0. The Hall–Kier alpha value is -1.95. The normalized spacial score (nSPS) is 13.5. The minimum Gasteiger partial charge on any atom is -0.435 e. The molecule has 0 saturated carbocycles. The molecule has 3 N–H and O–H groups in total. The summed E-state index contributed by atoms with van der Waals surface area (Å²) in [6.07, 6.45) is 2.85. The van der Waals surface area contributed by atoms with E-state index in [4.69, 9.17) is 0 Å². The van der Waals surface area contributed by atoms with Crippen LogP contribution in [0, 0.1) is 5.92 Å². The van der Waals surface area contributed by atoms with Crippen molar-refractivity contribution in [3.05, 3.63) is 48.3 Å². The second-order valence-electron chi connectivity index (χ2n) is 6.40. The zero-order valence-electron chi connectivity index (χ0n) is 16.5. The fourth-order valence-corrected chi connectivity index (χ4v) is 2.56. The van der Waals surface area contributed by atoms with Crippen molar-refractivity contribution in [3.63, 3.8) is 0 Å². The molecule has 2 aromatic rings. The van der Waals surface area contributed by atoms with Crippen LogP contribution in [0.25, 0.3) is 0 Å². The number of aliphatic hydroxyl groups excluding tert-OH is 1. The van der Waals surface area contributed by atoms with Crippen molar-refractivity contribution in [3.8, 4) is 5.75 Å². The fourth-order valence-electron chi connectivity index (χ4n) is 2.56. The van der Waals surface area contributed by atoms with Crippen LogP contribution >= 0.6 is 24.0 Å². The Balaban J connectivity index is 0.00000420. The summed E-state index contributed by atoms with van der Waals surface area (Å²) in [5.41, 5.74) is 0.594. The summed E-state index contributed by atoms with van der Waals surface area (Å²) >= 11 is 0. The number of aliphatic hydroxyl groups is 1. The zero-order chi connectivity index (χ0) is 20.4. The fraction of sp³-hybridized carbons (Fsp3) is 0.474. The molecule has 0 saturated heterocycles. The van der Waals surface area contributed by atoms with Gasteiger partial charge >= 0.3 is 6.61 Å². The topological polar surface area (TPSA) is 83.7 Å². The number of benzene rings is 1. The number of aliphatic imine (C=N–C) groups is 1. The molecule has 0 amide bonds. The van der Waals surface area contributed by atoms with Crippen molar-refractivity contribution in [2.75, 3.05) is 19.6 Å². The Morgan fingerprint density at radius 2 is 2.00 bits per heavy atom. The molecule has 1 aromatic heterocycles. The Kier molecular flexibility index (Phi) is 11.5. The van der Waals surface area contributed by atoms with Gasteiger partial charge in [-0.15, -0.1) is 24.0 Å². The number of halogens is 3. The number of guanidine groups is 1.